The average Bonchev–Trinajstić information content (AvgIpc) is 3.09. The Morgan fingerprint density at radius 3 is 2.70 bits per heavy atom. The van der Waals surface area contributed by atoms with Crippen LogP contribution in [0.1, 0.15) is 41.5 Å². The molecule has 1 aromatic heterocycles. The van der Waals surface area contributed by atoms with E-state index in [-0.39, 0.29) is 12.5 Å². The van der Waals surface area contributed by atoms with Gasteiger partial charge >= 0.3 is 0 Å². The van der Waals surface area contributed by atoms with E-state index >= 15 is 0 Å². The molecule has 0 aliphatic heterocycles. The fourth-order valence-electron chi connectivity index (χ4n) is 2.26. The van der Waals surface area contributed by atoms with Gasteiger partial charge in [0.1, 0.15) is 5.69 Å². The third-order valence-corrected chi connectivity index (χ3v) is 3.87. The number of aliphatic hydroxyl groups excluding tert-OH is 1. The zero-order valence-electron chi connectivity index (χ0n) is 13.5. The number of carbonyl (C=O) groups is 1. The molecule has 4 nitrogen and oxygen atoms in total. The lowest BCUT2D eigenvalue weighted by Crippen LogP contribution is -2.30. The molecular formula is C19H22N2O2. The monoisotopic (exact) mass is 310 g/mol. The maximum absolute atomic E-state index is 12.4. The molecule has 120 valence electrons. The Bertz CT molecular complexity index is 714. The van der Waals surface area contributed by atoms with Crippen LogP contribution in [0.25, 0.3) is 5.57 Å². The van der Waals surface area contributed by atoms with Crippen LogP contribution in [0.4, 0.5) is 0 Å². The average molecular weight is 310 g/mol. The van der Waals surface area contributed by atoms with Crippen LogP contribution < -0.4 is 5.32 Å². The molecule has 2 rings (SSSR count). The van der Waals surface area contributed by atoms with E-state index in [1.807, 2.05) is 50.3 Å². The van der Waals surface area contributed by atoms with Gasteiger partial charge in [0, 0.05) is 6.20 Å². The summed E-state index contributed by atoms with van der Waals surface area (Å²) < 4.78 is 0. The second-order valence-corrected chi connectivity index (χ2v) is 5.37. The Hall–Kier alpha value is -2.59. The minimum atomic E-state index is -0.434. The molecule has 0 saturated heterocycles. The number of allylic oxidation sites excluding steroid dienone is 3. The van der Waals surface area contributed by atoms with Gasteiger partial charge in [-0.15, -0.1) is 0 Å². The van der Waals surface area contributed by atoms with Crippen LogP contribution in [0.2, 0.25) is 0 Å². The summed E-state index contributed by atoms with van der Waals surface area (Å²) in [5, 5.41) is 12.4. The zero-order chi connectivity index (χ0) is 16.8. The minimum Gasteiger partial charge on any atom is -0.394 e. The molecule has 0 spiro atoms. The summed E-state index contributed by atoms with van der Waals surface area (Å²) in [6, 6.07) is 10.7. The molecule has 0 radical (unpaired) electrons. The molecule has 1 amide bonds. The van der Waals surface area contributed by atoms with Crippen molar-refractivity contribution in [2.45, 2.75) is 19.9 Å². The normalized spacial score (nSPS) is 12.7. The molecule has 1 atom stereocenters. The van der Waals surface area contributed by atoms with Crippen LogP contribution in [0.15, 0.2) is 60.8 Å². The fourth-order valence-corrected chi connectivity index (χ4v) is 2.26. The summed E-state index contributed by atoms with van der Waals surface area (Å²) in [4.78, 5) is 15.3. The van der Waals surface area contributed by atoms with Gasteiger partial charge in [-0.25, -0.2) is 0 Å². The van der Waals surface area contributed by atoms with Crippen molar-refractivity contribution in [2.75, 3.05) is 6.61 Å². The molecule has 1 unspecified atom stereocenters. The molecule has 1 aromatic carbocycles. The van der Waals surface area contributed by atoms with Crippen molar-refractivity contribution in [3.63, 3.8) is 0 Å². The number of hydrogen-bond donors (Lipinski definition) is 3. The Labute approximate surface area is 136 Å². The summed E-state index contributed by atoms with van der Waals surface area (Å²) in [7, 11) is 0. The number of hydrogen-bond acceptors (Lipinski definition) is 2. The molecule has 0 bridgehead atoms. The quantitative estimate of drug-likeness (QED) is 0.715. The zero-order valence-corrected chi connectivity index (χ0v) is 13.5. The van der Waals surface area contributed by atoms with Gasteiger partial charge < -0.3 is 15.4 Å². The van der Waals surface area contributed by atoms with Crippen LogP contribution in [0.3, 0.4) is 0 Å². The Balaban J connectivity index is 2.12. The van der Waals surface area contributed by atoms with Crippen molar-refractivity contribution in [1.82, 2.24) is 10.3 Å². The van der Waals surface area contributed by atoms with Gasteiger partial charge in [0.15, 0.2) is 0 Å². The molecule has 1 heterocycles. The number of carbonyl (C=O) groups excluding carboxylic acids is 1. The molecule has 2 aromatic rings. The van der Waals surface area contributed by atoms with Crippen molar-refractivity contribution >= 4 is 11.5 Å². The first-order valence-corrected chi connectivity index (χ1v) is 7.54. The summed E-state index contributed by atoms with van der Waals surface area (Å²) in [5.74, 6) is -0.259. The van der Waals surface area contributed by atoms with Gasteiger partial charge in [-0.2, -0.15) is 0 Å². The molecular weight excluding hydrogens is 288 g/mol. The van der Waals surface area contributed by atoms with Gasteiger partial charge in [0.05, 0.1) is 12.6 Å². The number of benzene rings is 1. The molecule has 4 heteroatoms. The molecule has 3 N–H and O–H groups in total. The first kappa shape index (κ1) is 16.8. The van der Waals surface area contributed by atoms with Gasteiger partial charge in [-0.05, 0) is 42.2 Å². The lowest BCUT2D eigenvalue weighted by Gasteiger charge is -2.16. The summed E-state index contributed by atoms with van der Waals surface area (Å²) in [6.45, 7) is 7.80. The maximum Gasteiger partial charge on any atom is 0.268 e. The van der Waals surface area contributed by atoms with E-state index in [1.165, 1.54) is 0 Å². The third-order valence-electron chi connectivity index (χ3n) is 3.87. The van der Waals surface area contributed by atoms with Crippen molar-refractivity contribution in [2.24, 2.45) is 0 Å². The SMILES string of the molecule is C=C(/C(C)=C\C)c1c[nH]c(C(=O)NC(CO)c2ccccc2)c1. The molecule has 0 fully saturated rings. The number of aromatic amines is 1. The Morgan fingerprint density at radius 1 is 1.39 bits per heavy atom. The van der Waals surface area contributed by atoms with E-state index in [4.69, 9.17) is 0 Å². The van der Waals surface area contributed by atoms with E-state index in [2.05, 4.69) is 16.9 Å². The lowest BCUT2D eigenvalue weighted by atomic mass is 10.0. The number of rotatable bonds is 6. The standard InChI is InChI=1S/C19H22N2O2/c1-4-13(2)14(3)16-10-17(20-11-16)19(23)21-18(12-22)15-8-6-5-7-9-15/h4-11,18,20,22H,3,12H2,1-2H3,(H,21,23)/b13-4-. The number of aromatic nitrogens is 1. The van der Waals surface area contributed by atoms with Gasteiger partial charge in [-0.3, -0.25) is 4.79 Å². The molecule has 0 aliphatic rings. The number of nitrogens with one attached hydrogen (secondary N) is 2. The number of H-pyrrole nitrogens is 1. The van der Waals surface area contributed by atoms with Crippen molar-refractivity contribution in [1.29, 1.82) is 0 Å². The highest BCUT2D eigenvalue weighted by atomic mass is 16.3. The highest BCUT2D eigenvalue weighted by Crippen LogP contribution is 2.21. The Morgan fingerprint density at radius 2 is 2.09 bits per heavy atom. The Kier molecular flexibility index (Phi) is 5.55. The summed E-state index contributed by atoms with van der Waals surface area (Å²) >= 11 is 0. The van der Waals surface area contributed by atoms with E-state index in [1.54, 1.807) is 12.3 Å². The number of amides is 1. The van der Waals surface area contributed by atoms with Crippen LogP contribution in [-0.2, 0) is 0 Å². The molecule has 0 aliphatic carbocycles. The predicted molar refractivity (Wildman–Crippen MR) is 93.0 cm³/mol. The van der Waals surface area contributed by atoms with Crippen LogP contribution >= 0.6 is 0 Å². The van der Waals surface area contributed by atoms with E-state index in [0.717, 1.165) is 22.3 Å². The van der Waals surface area contributed by atoms with Crippen molar-refractivity contribution in [3.8, 4) is 0 Å². The van der Waals surface area contributed by atoms with E-state index < -0.39 is 6.04 Å². The highest BCUT2D eigenvalue weighted by molar-refractivity contribution is 5.94. The predicted octanol–water partition coefficient (Wildman–Crippen LogP) is 3.46. The van der Waals surface area contributed by atoms with Crippen LogP contribution in [-0.4, -0.2) is 22.6 Å². The second kappa shape index (κ2) is 7.61. The van der Waals surface area contributed by atoms with Gasteiger partial charge in [0.2, 0.25) is 0 Å². The van der Waals surface area contributed by atoms with Crippen LogP contribution in [0, 0.1) is 0 Å². The smallest absolute Gasteiger partial charge is 0.268 e. The topological polar surface area (TPSA) is 65.1 Å². The van der Waals surface area contributed by atoms with E-state index in [9.17, 15) is 9.90 Å². The number of aliphatic hydroxyl groups is 1. The first-order chi connectivity index (χ1) is 11.1. The molecule has 23 heavy (non-hydrogen) atoms. The second-order valence-electron chi connectivity index (χ2n) is 5.37. The minimum absolute atomic E-state index is 0.159. The first-order valence-electron chi connectivity index (χ1n) is 7.54. The summed E-state index contributed by atoms with van der Waals surface area (Å²) in [6.07, 6.45) is 3.74. The van der Waals surface area contributed by atoms with E-state index in [0.29, 0.717) is 5.69 Å². The maximum atomic E-state index is 12.4. The molecule has 0 saturated carbocycles. The van der Waals surface area contributed by atoms with Crippen LogP contribution in [0.5, 0.6) is 0 Å². The highest BCUT2D eigenvalue weighted by Gasteiger charge is 2.16. The largest absolute Gasteiger partial charge is 0.394 e. The van der Waals surface area contributed by atoms with Gasteiger partial charge in [-0.1, -0.05) is 43.0 Å². The van der Waals surface area contributed by atoms with Gasteiger partial charge in [0.25, 0.3) is 5.91 Å². The van der Waals surface area contributed by atoms with Crippen molar-refractivity contribution in [3.05, 3.63) is 77.6 Å². The van der Waals surface area contributed by atoms with Crippen molar-refractivity contribution < 1.29 is 9.90 Å². The third kappa shape index (κ3) is 3.99. The fraction of sp³-hybridized carbons (Fsp3) is 0.211. The summed E-state index contributed by atoms with van der Waals surface area (Å²) in [5.41, 5.74) is 4.13. The lowest BCUT2D eigenvalue weighted by molar-refractivity contribution is 0.0911.